The minimum absolute atomic E-state index is 0.0902. The molecule has 1 saturated carbocycles. The van der Waals surface area contributed by atoms with Gasteiger partial charge in [0, 0.05) is 25.2 Å². The number of amides is 2. The molecule has 2 aromatic heterocycles. The number of rotatable bonds is 9. The van der Waals surface area contributed by atoms with Gasteiger partial charge in [-0.3, -0.25) is 14.4 Å². The minimum atomic E-state index is -3.88. The highest BCUT2D eigenvalue weighted by atomic mass is 32.2. The van der Waals surface area contributed by atoms with Gasteiger partial charge in [-0.15, -0.1) is 0 Å². The van der Waals surface area contributed by atoms with E-state index in [1.807, 2.05) is 0 Å². The van der Waals surface area contributed by atoms with E-state index < -0.39 is 27.9 Å². The second-order valence-electron chi connectivity index (χ2n) is 9.80. The molecule has 2 amide bonds. The van der Waals surface area contributed by atoms with Crippen molar-refractivity contribution in [3.05, 3.63) is 48.6 Å². The molecule has 11 heteroatoms. The van der Waals surface area contributed by atoms with Gasteiger partial charge in [0.25, 0.3) is 15.9 Å². The Morgan fingerprint density at radius 1 is 1.08 bits per heavy atom. The van der Waals surface area contributed by atoms with E-state index in [1.54, 1.807) is 24.3 Å². The first-order valence-electron chi connectivity index (χ1n) is 12.9. The normalized spacial score (nSPS) is 20.6. The van der Waals surface area contributed by atoms with Crippen molar-refractivity contribution < 1.29 is 27.2 Å². The molecule has 2 aromatic rings. The minimum Gasteiger partial charge on any atom is -0.459 e. The standard InChI is InChI=1S/C26H34N4O6S/c31-22-18-30(37(34,35)24-12-4-5-13-27-24)14-6-10-20(22)17-28-25(32)21(16-19-8-2-1-3-9-19)29-26(33)23-11-7-15-36-23/h4-5,7,11-13,15,19-21H,1-3,6,8-10,14,16-18H2,(H,28,32)(H,29,33)/t20?,21-/m0/s1. The van der Waals surface area contributed by atoms with Gasteiger partial charge in [0.2, 0.25) is 5.91 Å². The maximum absolute atomic E-state index is 13.2. The van der Waals surface area contributed by atoms with Crippen molar-refractivity contribution in [2.45, 2.75) is 62.4 Å². The topological polar surface area (TPSA) is 139 Å². The zero-order chi connectivity index (χ0) is 26.3. The summed E-state index contributed by atoms with van der Waals surface area (Å²) in [7, 11) is -3.88. The Labute approximate surface area is 217 Å². The van der Waals surface area contributed by atoms with Crippen LogP contribution >= 0.6 is 0 Å². The second kappa shape index (κ2) is 12.5. The molecule has 200 valence electrons. The van der Waals surface area contributed by atoms with Crippen LogP contribution in [0.2, 0.25) is 0 Å². The van der Waals surface area contributed by atoms with E-state index in [4.69, 9.17) is 4.42 Å². The van der Waals surface area contributed by atoms with E-state index in [-0.39, 0.29) is 42.1 Å². The lowest BCUT2D eigenvalue weighted by Crippen LogP contribution is -2.49. The van der Waals surface area contributed by atoms with Crippen LogP contribution < -0.4 is 10.6 Å². The molecular formula is C26H34N4O6S. The smallest absolute Gasteiger partial charge is 0.287 e. The van der Waals surface area contributed by atoms with E-state index in [2.05, 4.69) is 15.6 Å². The summed E-state index contributed by atoms with van der Waals surface area (Å²) in [5.74, 6) is -1.09. The van der Waals surface area contributed by atoms with Crippen LogP contribution in [0.4, 0.5) is 0 Å². The van der Waals surface area contributed by atoms with Gasteiger partial charge in [-0.05, 0) is 49.4 Å². The van der Waals surface area contributed by atoms with Crippen LogP contribution in [0, 0.1) is 11.8 Å². The number of Topliss-reactive ketones (excluding diaryl/α,β-unsaturated/α-hetero) is 1. The third-order valence-corrected chi connectivity index (χ3v) is 8.93. The number of aromatic nitrogens is 1. The fourth-order valence-corrected chi connectivity index (χ4v) is 6.46. The van der Waals surface area contributed by atoms with Gasteiger partial charge in [0.1, 0.15) is 6.04 Å². The highest BCUT2D eigenvalue weighted by Gasteiger charge is 2.34. The molecule has 4 rings (SSSR count). The summed E-state index contributed by atoms with van der Waals surface area (Å²) in [6.45, 7) is 0.0334. The molecular weight excluding hydrogens is 496 g/mol. The zero-order valence-corrected chi connectivity index (χ0v) is 21.6. The second-order valence-corrected chi connectivity index (χ2v) is 11.7. The predicted octanol–water partition coefficient (Wildman–Crippen LogP) is 2.53. The molecule has 1 aliphatic carbocycles. The first kappa shape index (κ1) is 27.0. The SMILES string of the molecule is O=C(N[C@@H](CC1CCCCC1)C(=O)NCC1CCCN(S(=O)(=O)c2ccccn2)CC1=O)c1ccco1. The van der Waals surface area contributed by atoms with E-state index >= 15 is 0 Å². The summed E-state index contributed by atoms with van der Waals surface area (Å²) >= 11 is 0. The fourth-order valence-electron chi connectivity index (χ4n) is 5.08. The average Bonchev–Trinajstić information content (AvgIpc) is 3.38. The Kier molecular flexibility index (Phi) is 9.09. The Hall–Kier alpha value is -3.05. The molecule has 2 N–H and O–H groups in total. The lowest BCUT2D eigenvalue weighted by atomic mass is 9.84. The molecule has 0 bridgehead atoms. The summed E-state index contributed by atoms with van der Waals surface area (Å²) in [5.41, 5.74) is 0. The van der Waals surface area contributed by atoms with E-state index in [0.29, 0.717) is 25.2 Å². The van der Waals surface area contributed by atoms with E-state index in [9.17, 15) is 22.8 Å². The molecule has 2 aliphatic rings. The van der Waals surface area contributed by atoms with Crippen LogP contribution in [0.15, 0.2) is 52.2 Å². The molecule has 2 atom stereocenters. The highest BCUT2D eigenvalue weighted by molar-refractivity contribution is 7.89. The molecule has 0 spiro atoms. The Bertz CT molecular complexity index is 1160. The number of nitrogens with one attached hydrogen (secondary N) is 2. The van der Waals surface area contributed by atoms with Crippen LogP contribution in [0.25, 0.3) is 0 Å². The van der Waals surface area contributed by atoms with Crippen molar-refractivity contribution in [1.29, 1.82) is 0 Å². The van der Waals surface area contributed by atoms with Gasteiger partial charge >= 0.3 is 0 Å². The Morgan fingerprint density at radius 3 is 2.59 bits per heavy atom. The summed E-state index contributed by atoms with van der Waals surface area (Å²) < 4.78 is 32.2. The van der Waals surface area contributed by atoms with Gasteiger partial charge in [0.05, 0.1) is 12.8 Å². The van der Waals surface area contributed by atoms with Crippen molar-refractivity contribution in [3.8, 4) is 0 Å². The molecule has 2 fully saturated rings. The molecule has 3 heterocycles. The molecule has 0 aromatic carbocycles. The Balaban J connectivity index is 1.37. The number of carbonyl (C=O) groups excluding carboxylic acids is 3. The summed E-state index contributed by atoms with van der Waals surface area (Å²) in [6.07, 6.45) is 9.71. The van der Waals surface area contributed by atoms with E-state index in [0.717, 1.165) is 30.0 Å². The van der Waals surface area contributed by atoms with Crippen LogP contribution in [0.5, 0.6) is 0 Å². The van der Waals surface area contributed by atoms with Crippen molar-refractivity contribution >= 4 is 27.6 Å². The first-order valence-corrected chi connectivity index (χ1v) is 14.3. The van der Waals surface area contributed by atoms with E-state index in [1.165, 1.54) is 24.9 Å². The van der Waals surface area contributed by atoms with Crippen LogP contribution in [-0.4, -0.2) is 61.0 Å². The summed E-state index contributed by atoms with van der Waals surface area (Å²) in [4.78, 5) is 42.7. The molecule has 1 saturated heterocycles. The zero-order valence-electron chi connectivity index (χ0n) is 20.8. The maximum Gasteiger partial charge on any atom is 0.287 e. The highest BCUT2D eigenvalue weighted by Crippen LogP contribution is 2.27. The quantitative estimate of drug-likeness (QED) is 0.508. The predicted molar refractivity (Wildman–Crippen MR) is 135 cm³/mol. The van der Waals surface area contributed by atoms with Crippen LogP contribution in [0.1, 0.15) is 61.9 Å². The molecule has 1 unspecified atom stereocenters. The third kappa shape index (κ3) is 7.04. The van der Waals surface area contributed by atoms with Gasteiger partial charge in [-0.25, -0.2) is 13.4 Å². The molecule has 37 heavy (non-hydrogen) atoms. The van der Waals surface area contributed by atoms with Gasteiger partial charge in [-0.2, -0.15) is 4.31 Å². The molecule has 1 aliphatic heterocycles. The average molecular weight is 531 g/mol. The maximum atomic E-state index is 13.2. The number of hydrogen-bond acceptors (Lipinski definition) is 7. The number of ketones is 1. The molecule has 10 nitrogen and oxygen atoms in total. The number of furan rings is 1. The van der Waals surface area contributed by atoms with Gasteiger partial charge in [-0.1, -0.05) is 38.2 Å². The summed E-state index contributed by atoms with van der Waals surface area (Å²) in [6, 6.07) is 7.03. The number of nitrogens with zero attached hydrogens (tertiary/aromatic N) is 2. The largest absolute Gasteiger partial charge is 0.459 e. The lowest BCUT2D eigenvalue weighted by Gasteiger charge is -2.27. The number of carbonyl (C=O) groups is 3. The number of sulfonamides is 1. The van der Waals surface area contributed by atoms with Crippen LogP contribution in [-0.2, 0) is 19.6 Å². The third-order valence-electron chi connectivity index (χ3n) is 7.17. The van der Waals surface area contributed by atoms with Crippen molar-refractivity contribution in [1.82, 2.24) is 19.9 Å². The Morgan fingerprint density at radius 2 is 1.89 bits per heavy atom. The lowest BCUT2D eigenvalue weighted by molar-refractivity contribution is -0.125. The first-order chi connectivity index (χ1) is 17.8. The monoisotopic (exact) mass is 530 g/mol. The van der Waals surface area contributed by atoms with Crippen molar-refractivity contribution in [2.24, 2.45) is 11.8 Å². The number of pyridine rings is 1. The van der Waals surface area contributed by atoms with Gasteiger partial charge in [0.15, 0.2) is 16.6 Å². The number of hydrogen-bond donors (Lipinski definition) is 2. The molecule has 0 radical (unpaired) electrons. The van der Waals surface area contributed by atoms with Crippen LogP contribution in [0.3, 0.4) is 0 Å². The summed E-state index contributed by atoms with van der Waals surface area (Å²) in [5, 5.41) is 5.56. The van der Waals surface area contributed by atoms with Crippen molar-refractivity contribution in [2.75, 3.05) is 19.6 Å². The van der Waals surface area contributed by atoms with Gasteiger partial charge < -0.3 is 15.1 Å². The fraction of sp³-hybridized carbons (Fsp3) is 0.538. The van der Waals surface area contributed by atoms with Crippen molar-refractivity contribution in [3.63, 3.8) is 0 Å².